The summed E-state index contributed by atoms with van der Waals surface area (Å²) in [6.07, 6.45) is 6.93. The second-order valence-corrected chi connectivity index (χ2v) is 4.40. The molecular formula is C12H6O4S. The van der Waals surface area contributed by atoms with Crippen molar-refractivity contribution in [2.75, 3.05) is 0 Å². The number of thioether (sulfide) groups is 1. The summed E-state index contributed by atoms with van der Waals surface area (Å²) in [5.74, 6) is -1.30. The van der Waals surface area contributed by atoms with E-state index in [1.165, 1.54) is 0 Å². The number of hydrogen-bond acceptors (Lipinski definition) is 5. The zero-order valence-electron chi connectivity index (χ0n) is 8.51. The van der Waals surface area contributed by atoms with Gasteiger partial charge in [-0.05, 0) is 24.3 Å². The fourth-order valence-electron chi connectivity index (χ4n) is 1.25. The Bertz CT molecular complexity index is 511. The maximum Gasteiger partial charge on any atom is 0.192 e. The van der Waals surface area contributed by atoms with E-state index in [4.69, 9.17) is 0 Å². The van der Waals surface area contributed by atoms with Crippen LogP contribution >= 0.6 is 11.8 Å². The molecule has 0 spiro atoms. The molecule has 0 fully saturated rings. The fraction of sp³-hybridized carbons (Fsp3) is 0. The lowest BCUT2D eigenvalue weighted by molar-refractivity contribution is -0.114. The Kier molecular flexibility index (Phi) is 3.01. The Morgan fingerprint density at radius 2 is 1.06 bits per heavy atom. The molecule has 2 aliphatic carbocycles. The van der Waals surface area contributed by atoms with E-state index in [1.54, 1.807) is 0 Å². The maximum atomic E-state index is 11.4. The smallest absolute Gasteiger partial charge is 0.192 e. The average Bonchev–Trinajstić information content (AvgIpc) is 2.28. The molecule has 0 saturated heterocycles. The van der Waals surface area contributed by atoms with Crippen LogP contribution in [-0.2, 0) is 19.2 Å². The van der Waals surface area contributed by atoms with Crippen molar-refractivity contribution < 1.29 is 19.2 Å². The molecule has 0 aromatic carbocycles. The molecule has 0 amide bonds. The van der Waals surface area contributed by atoms with Gasteiger partial charge in [-0.3, -0.25) is 19.2 Å². The van der Waals surface area contributed by atoms with Gasteiger partial charge in [0.15, 0.2) is 23.1 Å². The molecule has 0 N–H and O–H groups in total. The summed E-state index contributed by atoms with van der Waals surface area (Å²) in [4.78, 5) is 45.4. The molecule has 5 heteroatoms. The van der Waals surface area contributed by atoms with Crippen LogP contribution in [0.5, 0.6) is 0 Å². The lowest BCUT2D eigenvalue weighted by Gasteiger charge is -2.09. The summed E-state index contributed by atoms with van der Waals surface area (Å²) in [5, 5.41) is 0. The first-order valence-electron chi connectivity index (χ1n) is 4.70. The van der Waals surface area contributed by atoms with Crippen molar-refractivity contribution in [1.82, 2.24) is 0 Å². The standard InChI is InChI=1S/C12H6O4S/c13-7-1-3-9(15)11(5-7)17-12-6-8(14)2-4-10(12)16/h1-6H. The fourth-order valence-corrected chi connectivity index (χ4v) is 2.18. The summed E-state index contributed by atoms with van der Waals surface area (Å²) in [5.41, 5.74) is 0. The van der Waals surface area contributed by atoms with Crippen LogP contribution in [0.1, 0.15) is 0 Å². The molecular weight excluding hydrogens is 240 g/mol. The van der Waals surface area contributed by atoms with E-state index in [9.17, 15) is 19.2 Å². The number of allylic oxidation sites excluding steroid dienone is 8. The van der Waals surface area contributed by atoms with E-state index in [1.807, 2.05) is 0 Å². The number of rotatable bonds is 2. The van der Waals surface area contributed by atoms with Gasteiger partial charge in [-0.15, -0.1) is 0 Å². The first-order valence-corrected chi connectivity index (χ1v) is 5.52. The molecule has 0 aliphatic heterocycles. The largest absolute Gasteiger partial charge is 0.290 e. The minimum Gasteiger partial charge on any atom is -0.290 e. The zero-order valence-corrected chi connectivity index (χ0v) is 9.32. The molecule has 2 rings (SSSR count). The van der Waals surface area contributed by atoms with Crippen LogP contribution in [0.4, 0.5) is 0 Å². The van der Waals surface area contributed by atoms with Crippen LogP contribution in [0.2, 0.25) is 0 Å². The Morgan fingerprint density at radius 3 is 1.47 bits per heavy atom. The van der Waals surface area contributed by atoms with Crippen LogP contribution in [0.15, 0.2) is 46.3 Å². The average molecular weight is 246 g/mol. The molecule has 2 aliphatic rings. The molecule has 0 unspecified atom stereocenters. The van der Waals surface area contributed by atoms with Crippen LogP contribution in [0.25, 0.3) is 0 Å². The van der Waals surface area contributed by atoms with E-state index < -0.39 is 0 Å². The monoisotopic (exact) mass is 246 g/mol. The van der Waals surface area contributed by atoms with Gasteiger partial charge < -0.3 is 0 Å². The summed E-state index contributed by atoms with van der Waals surface area (Å²) in [6.45, 7) is 0. The van der Waals surface area contributed by atoms with E-state index in [-0.39, 0.29) is 32.9 Å². The quantitative estimate of drug-likeness (QED) is 0.677. The van der Waals surface area contributed by atoms with Gasteiger partial charge in [-0.25, -0.2) is 0 Å². The van der Waals surface area contributed by atoms with Gasteiger partial charge in [0.1, 0.15) is 0 Å². The van der Waals surface area contributed by atoms with Crippen molar-refractivity contribution in [3.05, 3.63) is 46.3 Å². The maximum absolute atomic E-state index is 11.4. The molecule has 0 radical (unpaired) electrons. The highest BCUT2D eigenvalue weighted by molar-refractivity contribution is 8.08. The molecule has 0 aromatic heterocycles. The number of hydrogen-bond donors (Lipinski definition) is 0. The molecule has 0 bridgehead atoms. The number of carbonyl (C=O) groups is 4. The molecule has 4 nitrogen and oxygen atoms in total. The number of ketones is 4. The van der Waals surface area contributed by atoms with Gasteiger partial charge in [0.2, 0.25) is 0 Å². The van der Waals surface area contributed by atoms with Gasteiger partial charge in [0.05, 0.1) is 9.81 Å². The Labute approximate surface area is 101 Å². The summed E-state index contributed by atoms with van der Waals surface area (Å²) in [7, 11) is 0. The molecule has 17 heavy (non-hydrogen) atoms. The van der Waals surface area contributed by atoms with Gasteiger partial charge in [-0.2, -0.15) is 0 Å². The van der Waals surface area contributed by atoms with Crippen molar-refractivity contribution in [1.29, 1.82) is 0 Å². The highest BCUT2D eigenvalue weighted by atomic mass is 32.2. The summed E-state index contributed by atoms with van der Waals surface area (Å²) < 4.78 is 0. The van der Waals surface area contributed by atoms with E-state index in [0.29, 0.717) is 0 Å². The SMILES string of the molecule is O=C1C=CC(=O)C(SC2=CC(=O)C=CC2=O)=C1. The van der Waals surface area contributed by atoms with Crippen molar-refractivity contribution in [2.45, 2.75) is 0 Å². The lowest BCUT2D eigenvalue weighted by Crippen LogP contribution is -2.09. The Morgan fingerprint density at radius 1 is 0.647 bits per heavy atom. The van der Waals surface area contributed by atoms with Crippen molar-refractivity contribution in [2.24, 2.45) is 0 Å². The van der Waals surface area contributed by atoms with Crippen molar-refractivity contribution >= 4 is 34.9 Å². The normalized spacial score (nSPS) is 19.5. The number of carbonyl (C=O) groups excluding carboxylic acids is 4. The Hall–Kier alpha value is -2.01. The highest BCUT2D eigenvalue weighted by Gasteiger charge is 2.20. The van der Waals surface area contributed by atoms with Gasteiger partial charge >= 0.3 is 0 Å². The molecule has 0 aromatic rings. The molecule has 0 saturated carbocycles. The molecule has 0 atom stereocenters. The van der Waals surface area contributed by atoms with Gasteiger partial charge in [0.25, 0.3) is 0 Å². The third-order valence-corrected chi connectivity index (χ3v) is 3.13. The summed E-state index contributed by atoms with van der Waals surface area (Å²) in [6, 6.07) is 0. The zero-order chi connectivity index (χ0) is 12.4. The third kappa shape index (κ3) is 2.57. The van der Waals surface area contributed by atoms with Crippen LogP contribution in [-0.4, -0.2) is 23.1 Å². The van der Waals surface area contributed by atoms with Crippen molar-refractivity contribution in [3.63, 3.8) is 0 Å². The predicted octanol–water partition coefficient (Wildman–Crippen LogP) is 0.903. The first kappa shape index (κ1) is 11.5. The van der Waals surface area contributed by atoms with Crippen LogP contribution in [0.3, 0.4) is 0 Å². The minimum atomic E-state index is -0.342. The van der Waals surface area contributed by atoms with Crippen LogP contribution < -0.4 is 0 Å². The summed E-state index contributed by atoms with van der Waals surface area (Å²) >= 11 is 0.844. The molecule has 0 heterocycles. The van der Waals surface area contributed by atoms with Crippen molar-refractivity contribution in [3.8, 4) is 0 Å². The van der Waals surface area contributed by atoms with E-state index in [0.717, 1.165) is 48.2 Å². The van der Waals surface area contributed by atoms with E-state index in [2.05, 4.69) is 0 Å². The van der Waals surface area contributed by atoms with Gasteiger partial charge in [-0.1, -0.05) is 11.8 Å². The van der Waals surface area contributed by atoms with Crippen LogP contribution in [0, 0.1) is 0 Å². The Balaban J connectivity index is 2.22. The minimum absolute atomic E-state index is 0.153. The third-order valence-electron chi connectivity index (χ3n) is 2.05. The van der Waals surface area contributed by atoms with E-state index >= 15 is 0 Å². The first-order chi connectivity index (χ1) is 8.06. The molecule has 84 valence electrons. The van der Waals surface area contributed by atoms with Gasteiger partial charge in [0, 0.05) is 12.2 Å². The second-order valence-electron chi connectivity index (χ2n) is 3.32. The topological polar surface area (TPSA) is 68.3 Å². The highest BCUT2D eigenvalue weighted by Crippen LogP contribution is 2.30. The predicted molar refractivity (Wildman–Crippen MR) is 62.1 cm³/mol. The second kappa shape index (κ2) is 4.47. The lowest BCUT2D eigenvalue weighted by atomic mass is 10.2.